The molecule has 1 aromatic carbocycles. The molecule has 3 rings (SSSR count). The minimum absolute atomic E-state index is 0.125. The second-order valence-electron chi connectivity index (χ2n) is 7.58. The van der Waals surface area contributed by atoms with Crippen molar-refractivity contribution in [1.29, 1.82) is 0 Å². The number of carbonyl (C=O) groups is 1. The summed E-state index contributed by atoms with van der Waals surface area (Å²) in [5.41, 5.74) is 2.02. The average Bonchev–Trinajstić information content (AvgIpc) is 3.14. The van der Waals surface area contributed by atoms with Crippen LogP contribution in [0.15, 0.2) is 24.3 Å². The summed E-state index contributed by atoms with van der Waals surface area (Å²) in [6, 6.07) is 7.84. The molecule has 1 saturated carbocycles. The molecule has 2 N–H and O–H groups in total. The minimum Gasteiger partial charge on any atom is -0.374 e. The van der Waals surface area contributed by atoms with Gasteiger partial charge in [0.15, 0.2) is 0 Å². The van der Waals surface area contributed by atoms with Gasteiger partial charge in [0.2, 0.25) is 0 Å². The highest BCUT2D eigenvalue weighted by Crippen LogP contribution is 2.29. The molecule has 1 aromatic rings. The zero-order valence-electron chi connectivity index (χ0n) is 15.4. The highest BCUT2D eigenvalue weighted by molar-refractivity contribution is 5.81. The van der Waals surface area contributed by atoms with Crippen LogP contribution >= 0.6 is 0 Å². The van der Waals surface area contributed by atoms with E-state index in [1.54, 1.807) is 6.92 Å². The molecule has 1 heterocycles. The Bertz CT molecular complexity index is 561. The maximum Gasteiger partial charge on any atom is 0.147 e. The van der Waals surface area contributed by atoms with Crippen molar-refractivity contribution in [3.63, 3.8) is 0 Å². The van der Waals surface area contributed by atoms with Crippen molar-refractivity contribution < 1.29 is 9.90 Å². The number of carbonyl (C=O) groups excluding carboxylic acids is 1. The molecule has 1 aliphatic carbocycles. The maximum absolute atomic E-state index is 12.0. The molecular formula is C20H31N3O2. The molecule has 0 radical (unpaired) electrons. The summed E-state index contributed by atoms with van der Waals surface area (Å²) in [4.78, 5) is 16.7. The Morgan fingerprint density at radius 2 is 1.72 bits per heavy atom. The molecule has 2 fully saturated rings. The van der Waals surface area contributed by atoms with Gasteiger partial charge in [-0.25, -0.2) is 0 Å². The smallest absolute Gasteiger partial charge is 0.147 e. The number of hydrogen-bond acceptors (Lipinski definition) is 5. The number of nitrogens with zero attached hydrogens (tertiary/aromatic N) is 2. The fourth-order valence-corrected chi connectivity index (χ4v) is 4.07. The normalized spacial score (nSPS) is 22.1. The average molecular weight is 345 g/mol. The van der Waals surface area contributed by atoms with Crippen LogP contribution in [0, 0.1) is 5.92 Å². The number of piperazine rings is 1. The molecule has 2 aliphatic rings. The molecule has 1 unspecified atom stereocenters. The molecule has 0 bridgehead atoms. The Balaban J connectivity index is 1.61. The first-order valence-corrected chi connectivity index (χ1v) is 9.52. The van der Waals surface area contributed by atoms with Crippen LogP contribution in [0.1, 0.15) is 44.4 Å². The molecule has 0 aromatic heterocycles. The van der Waals surface area contributed by atoms with Gasteiger partial charge >= 0.3 is 0 Å². The van der Waals surface area contributed by atoms with Gasteiger partial charge in [0.05, 0.1) is 6.04 Å². The highest BCUT2D eigenvalue weighted by Gasteiger charge is 2.30. The predicted molar refractivity (Wildman–Crippen MR) is 101 cm³/mol. The lowest BCUT2D eigenvalue weighted by Crippen LogP contribution is -2.44. The van der Waals surface area contributed by atoms with E-state index in [0.717, 1.165) is 44.6 Å². The van der Waals surface area contributed by atoms with Gasteiger partial charge in [-0.2, -0.15) is 0 Å². The van der Waals surface area contributed by atoms with E-state index in [4.69, 9.17) is 0 Å². The number of Topliss-reactive ketones (excluding diaryl/α,β-unsaturated/α-hetero) is 1. The Hall–Kier alpha value is -1.43. The molecule has 138 valence electrons. The number of ketones is 1. The van der Waals surface area contributed by atoms with Crippen molar-refractivity contribution in [3.05, 3.63) is 29.8 Å². The lowest BCUT2D eigenvalue weighted by atomic mass is 9.94. The quantitative estimate of drug-likeness (QED) is 0.774. The van der Waals surface area contributed by atoms with Gasteiger partial charge in [0, 0.05) is 31.9 Å². The lowest BCUT2D eigenvalue weighted by Gasteiger charge is -2.34. The maximum atomic E-state index is 12.0. The number of aliphatic hydroxyl groups is 1. The molecule has 1 saturated heterocycles. The fourth-order valence-electron chi connectivity index (χ4n) is 4.07. The van der Waals surface area contributed by atoms with E-state index < -0.39 is 6.23 Å². The third-order valence-corrected chi connectivity index (χ3v) is 5.72. The van der Waals surface area contributed by atoms with Crippen LogP contribution in [0.2, 0.25) is 0 Å². The van der Waals surface area contributed by atoms with Gasteiger partial charge < -0.3 is 14.9 Å². The van der Waals surface area contributed by atoms with Gasteiger partial charge in [-0.05, 0) is 50.4 Å². The van der Waals surface area contributed by atoms with E-state index in [-0.39, 0.29) is 11.8 Å². The first-order valence-electron chi connectivity index (χ1n) is 9.52. The number of rotatable bonds is 6. The zero-order valence-corrected chi connectivity index (χ0v) is 15.4. The summed E-state index contributed by atoms with van der Waals surface area (Å²) in [6.07, 6.45) is 3.73. The van der Waals surface area contributed by atoms with Crippen molar-refractivity contribution >= 4 is 11.5 Å². The third-order valence-electron chi connectivity index (χ3n) is 5.72. The van der Waals surface area contributed by atoms with E-state index in [0.29, 0.717) is 5.92 Å². The lowest BCUT2D eigenvalue weighted by molar-refractivity contribution is -0.121. The molecule has 25 heavy (non-hydrogen) atoms. The number of likely N-dealkylation sites (N-methyl/N-ethyl adjacent to an activating group) is 1. The van der Waals surface area contributed by atoms with Crippen molar-refractivity contribution in [2.45, 2.75) is 44.9 Å². The van der Waals surface area contributed by atoms with Gasteiger partial charge in [-0.3, -0.25) is 10.1 Å². The van der Waals surface area contributed by atoms with Gasteiger partial charge in [0.25, 0.3) is 0 Å². The first kappa shape index (κ1) is 18.4. The summed E-state index contributed by atoms with van der Waals surface area (Å²) < 4.78 is 0. The number of anilines is 1. The standard InChI is InChI=1S/C20H31N3O2/c1-15(24)19(16-5-3-4-6-16)21-20(25)17-7-9-18(10-8-17)23-13-11-22(2)12-14-23/h7-10,16,19-21,25H,3-6,11-14H2,1-2H3/t19-,20?/m1/s1. The number of benzene rings is 1. The zero-order chi connectivity index (χ0) is 17.8. The Labute approximate surface area is 151 Å². The summed E-state index contributed by atoms with van der Waals surface area (Å²) in [5.74, 6) is 0.483. The molecular weight excluding hydrogens is 314 g/mol. The molecule has 5 nitrogen and oxygen atoms in total. The van der Waals surface area contributed by atoms with E-state index in [1.165, 1.54) is 18.5 Å². The van der Waals surface area contributed by atoms with Crippen LogP contribution < -0.4 is 10.2 Å². The third kappa shape index (κ3) is 4.60. The molecule has 0 amide bonds. The molecule has 5 heteroatoms. The van der Waals surface area contributed by atoms with Crippen LogP contribution in [0.25, 0.3) is 0 Å². The minimum atomic E-state index is -0.795. The van der Waals surface area contributed by atoms with E-state index in [1.807, 2.05) is 12.1 Å². The largest absolute Gasteiger partial charge is 0.374 e. The van der Waals surface area contributed by atoms with E-state index in [2.05, 4.69) is 34.3 Å². The Morgan fingerprint density at radius 3 is 2.28 bits per heavy atom. The SMILES string of the molecule is CC(=O)[C@@H](NC(O)c1ccc(N2CCN(C)CC2)cc1)C1CCCC1. The van der Waals surface area contributed by atoms with Crippen molar-refractivity contribution in [2.24, 2.45) is 5.92 Å². The summed E-state index contributed by atoms with van der Waals surface area (Å²) >= 11 is 0. The second kappa shape index (κ2) is 8.30. The van der Waals surface area contributed by atoms with Gasteiger partial charge in [0.1, 0.15) is 12.0 Å². The summed E-state index contributed by atoms with van der Waals surface area (Å²) in [5, 5.41) is 13.7. The number of hydrogen-bond donors (Lipinski definition) is 2. The summed E-state index contributed by atoms with van der Waals surface area (Å²) in [6.45, 7) is 5.84. The second-order valence-corrected chi connectivity index (χ2v) is 7.58. The topological polar surface area (TPSA) is 55.8 Å². The van der Waals surface area contributed by atoms with Crippen LogP contribution in [-0.2, 0) is 4.79 Å². The highest BCUT2D eigenvalue weighted by atomic mass is 16.3. The van der Waals surface area contributed by atoms with E-state index in [9.17, 15) is 9.90 Å². The molecule has 0 spiro atoms. The predicted octanol–water partition coefficient (Wildman–Crippen LogP) is 2.17. The number of aliphatic hydroxyl groups excluding tert-OH is 1. The van der Waals surface area contributed by atoms with Crippen LogP contribution in [0.4, 0.5) is 5.69 Å². The van der Waals surface area contributed by atoms with Crippen molar-refractivity contribution in [3.8, 4) is 0 Å². The van der Waals surface area contributed by atoms with Crippen LogP contribution in [-0.4, -0.2) is 55.1 Å². The van der Waals surface area contributed by atoms with Crippen molar-refractivity contribution in [2.75, 3.05) is 38.1 Å². The fraction of sp³-hybridized carbons (Fsp3) is 0.650. The molecule has 1 aliphatic heterocycles. The van der Waals surface area contributed by atoms with Gasteiger partial charge in [-0.15, -0.1) is 0 Å². The molecule has 2 atom stereocenters. The van der Waals surface area contributed by atoms with Crippen LogP contribution in [0.5, 0.6) is 0 Å². The van der Waals surface area contributed by atoms with Crippen LogP contribution in [0.3, 0.4) is 0 Å². The first-order chi connectivity index (χ1) is 12.0. The Kier molecular flexibility index (Phi) is 6.10. The van der Waals surface area contributed by atoms with Crippen molar-refractivity contribution in [1.82, 2.24) is 10.2 Å². The summed E-state index contributed by atoms with van der Waals surface area (Å²) in [7, 11) is 2.15. The van der Waals surface area contributed by atoms with Gasteiger partial charge in [-0.1, -0.05) is 25.0 Å². The van der Waals surface area contributed by atoms with E-state index >= 15 is 0 Å². The Morgan fingerprint density at radius 1 is 1.12 bits per heavy atom. The number of nitrogens with one attached hydrogen (secondary N) is 1. The monoisotopic (exact) mass is 345 g/mol.